The van der Waals surface area contributed by atoms with Gasteiger partial charge in [0.15, 0.2) is 5.78 Å². The van der Waals surface area contributed by atoms with Gasteiger partial charge in [-0.2, -0.15) is 0 Å². The van der Waals surface area contributed by atoms with E-state index >= 15 is 0 Å². The third kappa shape index (κ3) is 2.69. The summed E-state index contributed by atoms with van der Waals surface area (Å²) >= 11 is 0. The molecule has 0 spiro atoms. The zero-order valence-electron chi connectivity index (χ0n) is 11.9. The molecule has 1 saturated heterocycles. The van der Waals surface area contributed by atoms with Crippen molar-refractivity contribution in [3.63, 3.8) is 0 Å². The molecule has 1 aliphatic heterocycles. The molecule has 0 amide bonds. The van der Waals surface area contributed by atoms with Crippen LogP contribution in [0.25, 0.3) is 10.8 Å². The van der Waals surface area contributed by atoms with Crippen molar-refractivity contribution in [1.82, 2.24) is 9.88 Å². The van der Waals surface area contributed by atoms with Gasteiger partial charge in [0.2, 0.25) is 0 Å². The number of nitrogen functional groups attached to an aromatic ring is 1. The molecule has 2 aromatic rings. The fourth-order valence-corrected chi connectivity index (χ4v) is 3.00. The van der Waals surface area contributed by atoms with Gasteiger partial charge < -0.3 is 10.7 Å². The molecule has 1 aliphatic rings. The molecule has 1 fully saturated rings. The number of hydrogen-bond donors (Lipinski definition) is 2. The van der Waals surface area contributed by atoms with E-state index in [9.17, 15) is 9.59 Å². The van der Waals surface area contributed by atoms with Crippen molar-refractivity contribution in [3.05, 3.63) is 40.2 Å². The normalized spacial score (nSPS) is 16.2. The second-order valence-corrected chi connectivity index (χ2v) is 5.55. The Balaban J connectivity index is 1.99. The largest absolute Gasteiger partial charge is 0.385 e. The zero-order chi connectivity index (χ0) is 14.8. The molecular formula is C16H19N3O2. The highest BCUT2D eigenvalue weighted by Gasteiger charge is 2.20. The van der Waals surface area contributed by atoms with Gasteiger partial charge in [-0.25, -0.2) is 0 Å². The zero-order valence-corrected chi connectivity index (χ0v) is 11.9. The van der Waals surface area contributed by atoms with Gasteiger partial charge in [0.05, 0.1) is 12.1 Å². The van der Waals surface area contributed by atoms with Crippen molar-refractivity contribution in [3.8, 4) is 0 Å². The van der Waals surface area contributed by atoms with Gasteiger partial charge in [-0.1, -0.05) is 24.6 Å². The lowest BCUT2D eigenvalue weighted by Crippen LogP contribution is -2.35. The number of H-pyrrole nitrogens is 1. The first-order valence-electron chi connectivity index (χ1n) is 7.33. The summed E-state index contributed by atoms with van der Waals surface area (Å²) in [5, 5.41) is 1.15. The maximum Gasteiger partial charge on any atom is 0.257 e. The van der Waals surface area contributed by atoms with Crippen LogP contribution in [0.1, 0.15) is 29.6 Å². The molecule has 5 heteroatoms. The lowest BCUT2D eigenvalue weighted by atomic mass is 10.0. The molecule has 0 atom stereocenters. The second-order valence-electron chi connectivity index (χ2n) is 5.55. The van der Waals surface area contributed by atoms with Gasteiger partial charge in [0, 0.05) is 10.8 Å². The van der Waals surface area contributed by atoms with Crippen LogP contribution in [-0.4, -0.2) is 35.3 Å². The molecular weight excluding hydrogens is 266 g/mol. The first-order valence-corrected chi connectivity index (χ1v) is 7.33. The van der Waals surface area contributed by atoms with Crippen molar-refractivity contribution >= 4 is 22.4 Å². The number of carbonyl (C=O) groups excluding carboxylic acids is 1. The van der Waals surface area contributed by atoms with Gasteiger partial charge in [-0.3, -0.25) is 14.5 Å². The number of nitrogens with zero attached hydrogens (tertiary/aromatic N) is 1. The van der Waals surface area contributed by atoms with Gasteiger partial charge in [0.25, 0.3) is 5.56 Å². The number of likely N-dealkylation sites (tertiary alicyclic amines) is 1. The van der Waals surface area contributed by atoms with E-state index in [0.717, 1.165) is 25.9 Å². The van der Waals surface area contributed by atoms with Crippen molar-refractivity contribution in [2.75, 3.05) is 25.4 Å². The predicted molar refractivity (Wildman–Crippen MR) is 83.6 cm³/mol. The molecule has 2 heterocycles. The molecule has 0 bridgehead atoms. The Bertz CT molecular complexity index is 730. The van der Waals surface area contributed by atoms with Gasteiger partial charge in [0.1, 0.15) is 5.82 Å². The number of aromatic nitrogens is 1. The van der Waals surface area contributed by atoms with E-state index in [4.69, 9.17) is 5.73 Å². The second kappa shape index (κ2) is 5.69. The summed E-state index contributed by atoms with van der Waals surface area (Å²) in [4.78, 5) is 29.3. The molecule has 0 aliphatic carbocycles. The molecule has 0 unspecified atom stereocenters. The fraction of sp³-hybridized carbons (Fsp3) is 0.375. The van der Waals surface area contributed by atoms with Crippen LogP contribution in [0, 0.1) is 0 Å². The lowest BCUT2D eigenvalue weighted by molar-refractivity contribution is 0.0918. The van der Waals surface area contributed by atoms with Crippen LogP contribution in [0.5, 0.6) is 0 Å². The van der Waals surface area contributed by atoms with Crippen LogP contribution in [0.2, 0.25) is 0 Å². The maximum absolute atomic E-state index is 12.6. The molecule has 0 saturated carbocycles. The standard InChI is InChI=1S/C16H19N3O2/c17-15-14(13(20)10-19-8-4-1-5-9-19)11-6-2-3-7-12(11)16(21)18-15/h2-3,6-7H,1,4-5,8-10H2,(H3,17,18,21). The minimum absolute atomic E-state index is 0.0261. The van der Waals surface area contributed by atoms with Crippen molar-refractivity contribution in [1.29, 1.82) is 0 Å². The number of carbonyl (C=O) groups is 1. The SMILES string of the molecule is Nc1[nH]c(=O)c2ccccc2c1C(=O)CN1CCCCC1. The first kappa shape index (κ1) is 13.8. The minimum Gasteiger partial charge on any atom is -0.385 e. The van der Waals surface area contributed by atoms with Crippen LogP contribution >= 0.6 is 0 Å². The summed E-state index contributed by atoms with van der Waals surface area (Å²) in [6, 6.07) is 7.10. The van der Waals surface area contributed by atoms with Crippen LogP contribution < -0.4 is 11.3 Å². The van der Waals surface area contributed by atoms with Gasteiger partial charge >= 0.3 is 0 Å². The molecule has 21 heavy (non-hydrogen) atoms. The number of nitrogens with two attached hydrogens (primary N) is 1. The van der Waals surface area contributed by atoms with E-state index in [-0.39, 0.29) is 17.2 Å². The number of hydrogen-bond acceptors (Lipinski definition) is 4. The van der Waals surface area contributed by atoms with Crippen LogP contribution in [0.15, 0.2) is 29.1 Å². The van der Waals surface area contributed by atoms with E-state index in [2.05, 4.69) is 9.88 Å². The number of rotatable bonds is 3. The molecule has 0 radical (unpaired) electrons. The van der Waals surface area contributed by atoms with E-state index in [1.165, 1.54) is 6.42 Å². The maximum atomic E-state index is 12.6. The van der Waals surface area contributed by atoms with Crippen molar-refractivity contribution < 1.29 is 4.79 Å². The third-order valence-corrected chi connectivity index (χ3v) is 4.05. The molecule has 1 aromatic carbocycles. The third-order valence-electron chi connectivity index (χ3n) is 4.05. The summed E-state index contributed by atoms with van der Waals surface area (Å²) in [6.45, 7) is 2.26. The van der Waals surface area contributed by atoms with E-state index in [0.29, 0.717) is 22.9 Å². The van der Waals surface area contributed by atoms with Crippen LogP contribution in [0.4, 0.5) is 5.82 Å². The Morgan fingerprint density at radius 3 is 2.52 bits per heavy atom. The smallest absolute Gasteiger partial charge is 0.257 e. The monoisotopic (exact) mass is 285 g/mol. The Morgan fingerprint density at radius 2 is 1.81 bits per heavy atom. The molecule has 5 nitrogen and oxygen atoms in total. The van der Waals surface area contributed by atoms with Gasteiger partial charge in [-0.15, -0.1) is 0 Å². The number of Topliss-reactive ketones (excluding diaryl/α,β-unsaturated/α-hetero) is 1. The molecule has 3 N–H and O–H groups in total. The summed E-state index contributed by atoms with van der Waals surface area (Å²) < 4.78 is 0. The quantitative estimate of drug-likeness (QED) is 0.842. The Morgan fingerprint density at radius 1 is 1.14 bits per heavy atom. The highest BCUT2D eigenvalue weighted by atomic mass is 16.1. The van der Waals surface area contributed by atoms with Crippen molar-refractivity contribution in [2.24, 2.45) is 0 Å². The van der Waals surface area contributed by atoms with E-state index in [1.807, 2.05) is 6.07 Å². The predicted octanol–water partition coefficient (Wildman–Crippen LogP) is 1.78. The molecule has 1 aromatic heterocycles. The number of anilines is 1. The number of piperidine rings is 1. The average molecular weight is 285 g/mol. The molecule has 110 valence electrons. The van der Waals surface area contributed by atoms with Crippen LogP contribution in [-0.2, 0) is 0 Å². The first-order chi connectivity index (χ1) is 10.2. The summed E-state index contributed by atoms with van der Waals surface area (Å²) in [5.74, 6) is 0.141. The Hall–Kier alpha value is -2.14. The number of aromatic amines is 1. The summed E-state index contributed by atoms with van der Waals surface area (Å²) in [6.07, 6.45) is 3.50. The van der Waals surface area contributed by atoms with Crippen molar-refractivity contribution in [2.45, 2.75) is 19.3 Å². The molecule has 3 rings (SSSR count). The highest BCUT2D eigenvalue weighted by molar-refractivity contribution is 6.12. The summed E-state index contributed by atoms with van der Waals surface area (Å²) in [5.41, 5.74) is 6.09. The van der Waals surface area contributed by atoms with Crippen LogP contribution in [0.3, 0.4) is 0 Å². The lowest BCUT2D eigenvalue weighted by Gasteiger charge is -2.25. The minimum atomic E-state index is -0.252. The number of benzene rings is 1. The number of ketones is 1. The average Bonchev–Trinajstić information content (AvgIpc) is 2.48. The summed E-state index contributed by atoms with van der Waals surface area (Å²) in [7, 11) is 0. The number of nitrogens with one attached hydrogen (secondary N) is 1. The van der Waals surface area contributed by atoms with E-state index < -0.39 is 0 Å². The topological polar surface area (TPSA) is 79.2 Å². The Kier molecular flexibility index (Phi) is 3.75. The Labute approximate surface area is 122 Å². The fourth-order valence-electron chi connectivity index (χ4n) is 3.00. The van der Waals surface area contributed by atoms with E-state index in [1.54, 1.807) is 18.2 Å². The van der Waals surface area contributed by atoms with Gasteiger partial charge in [-0.05, 0) is 32.0 Å². The number of pyridine rings is 1. The number of fused-ring (bicyclic) bond motifs is 1. The highest BCUT2D eigenvalue weighted by Crippen LogP contribution is 2.21.